The predicted molar refractivity (Wildman–Crippen MR) is 133 cm³/mol. The molecule has 32 heavy (non-hydrogen) atoms. The Morgan fingerprint density at radius 1 is 0.562 bits per heavy atom. The SMILES string of the molecule is O=C(O)C(O)(O)CCCCCCCCCCCCCCCCCCCCc1ccccc1. The fraction of sp³-hybridized carbons (Fsp3) is 0.750. The molecule has 0 fully saturated rings. The molecule has 0 saturated heterocycles. The molecular formula is C28H48O4. The number of aliphatic carboxylic acids is 1. The minimum atomic E-state index is -2.55. The zero-order valence-corrected chi connectivity index (χ0v) is 20.3. The Morgan fingerprint density at radius 2 is 0.906 bits per heavy atom. The maximum absolute atomic E-state index is 10.6. The molecule has 0 unspecified atom stereocenters. The summed E-state index contributed by atoms with van der Waals surface area (Å²) in [5.41, 5.74) is 1.47. The molecule has 1 aromatic carbocycles. The van der Waals surface area contributed by atoms with Gasteiger partial charge in [0, 0.05) is 6.42 Å². The maximum atomic E-state index is 10.6. The van der Waals surface area contributed by atoms with E-state index >= 15 is 0 Å². The van der Waals surface area contributed by atoms with Gasteiger partial charge in [0.05, 0.1) is 0 Å². The van der Waals surface area contributed by atoms with Crippen molar-refractivity contribution in [2.75, 3.05) is 0 Å². The van der Waals surface area contributed by atoms with Crippen LogP contribution in [0.25, 0.3) is 0 Å². The van der Waals surface area contributed by atoms with Crippen molar-refractivity contribution >= 4 is 5.97 Å². The number of aliphatic hydroxyl groups is 2. The molecule has 4 heteroatoms. The standard InChI is InChI=1S/C28H48O4/c29-27(30)28(31,32)25-21-16-14-12-10-8-6-4-2-1-3-5-7-9-11-13-15-18-22-26-23-19-17-20-24-26/h17,19-20,23-24,31-32H,1-16,18,21-22,25H2,(H,29,30). The molecular weight excluding hydrogens is 400 g/mol. The molecule has 0 saturated carbocycles. The Hall–Kier alpha value is -1.39. The van der Waals surface area contributed by atoms with Crippen molar-refractivity contribution in [1.82, 2.24) is 0 Å². The number of carboxylic acid groups (broad SMARTS) is 1. The lowest BCUT2D eigenvalue weighted by atomic mass is 10.0. The molecule has 0 aliphatic carbocycles. The van der Waals surface area contributed by atoms with E-state index in [2.05, 4.69) is 30.3 Å². The Labute approximate surface area is 196 Å². The third-order valence-corrected chi connectivity index (χ3v) is 6.43. The lowest BCUT2D eigenvalue weighted by Crippen LogP contribution is -2.37. The minimum Gasteiger partial charge on any atom is -0.477 e. The summed E-state index contributed by atoms with van der Waals surface area (Å²) in [5.74, 6) is -4.11. The van der Waals surface area contributed by atoms with Gasteiger partial charge in [-0.1, -0.05) is 133 Å². The highest BCUT2D eigenvalue weighted by atomic mass is 16.5. The highest BCUT2D eigenvalue weighted by Crippen LogP contribution is 2.16. The van der Waals surface area contributed by atoms with Gasteiger partial charge in [-0.3, -0.25) is 0 Å². The second kappa shape index (κ2) is 19.1. The Morgan fingerprint density at radius 3 is 1.28 bits per heavy atom. The fourth-order valence-electron chi connectivity index (χ4n) is 4.28. The van der Waals surface area contributed by atoms with E-state index in [4.69, 9.17) is 5.11 Å². The third kappa shape index (κ3) is 16.3. The van der Waals surface area contributed by atoms with Gasteiger partial charge in [-0.2, -0.15) is 0 Å². The van der Waals surface area contributed by atoms with Gasteiger partial charge in [-0.05, 0) is 24.8 Å². The quantitative estimate of drug-likeness (QED) is 0.127. The predicted octanol–water partition coefficient (Wildman–Crippen LogP) is 7.41. The van der Waals surface area contributed by atoms with Crippen LogP contribution in [0.2, 0.25) is 0 Å². The van der Waals surface area contributed by atoms with Crippen LogP contribution in [-0.4, -0.2) is 27.1 Å². The van der Waals surface area contributed by atoms with Crippen LogP contribution < -0.4 is 0 Å². The minimum absolute atomic E-state index is 0.0862. The summed E-state index contributed by atoms with van der Waals surface area (Å²) in [6.07, 6.45) is 23.7. The first-order chi connectivity index (χ1) is 15.5. The molecule has 0 aliphatic rings. The number of hydrogen-bond donors (Lipinski definition) is 3. The van der Waals surface area contributed by atoms with Crippen LogP contribution in [0.3, 0.4) is 0 Å². The van der Waals surface area contributed by atoms with Gasteiger partial charge in [0.15, 0.2) is 0 Å². The summed E-state index contributed by atoms with van der Waals surface area (Å²) in [7, 11) is 0. The van der Waals surface area contributed by atoms with E-state index < -0.39 is 11.8 Å². The smallest absolute Gasteiger partial charge is 0.364 e. The van der Waals surface area contributed by atoms with Crippen LogP contribution >= 0.6 is 0 Å². The van der Waals surface area contributed by atoms with Gasteiger partial charge < -0.3 is 15.3 Å². The Bertz CT molecular complexity index is 556. The van der Waals surface area contributed by atoms with Gasteiger partial charge in [0.2, 0.25) is 0 Å². The van der Waals surface area contributed by atoms with Crippen LogP contribution in [0, 0.1) is 0 Å². The van der Waals surface area contributed by atoms with Crippen molar-refractivity contribution in [3.8, 4) is 0 Å². The topological polar surface area (TPSA) is 77.8 Å². The first-order valence-electron chi connectivity index (χ1n) is 13.2. The van der Waals surface area contributed by atoms with Crippen molar-refractivity contribution in [2.45, 2.75) is 134 Å². The normalized spacial score (nSPS) is 11.7. The molecule has 0 aromatic heterocycles. The monoisotopic (exact) mass is 448 g/mol. The van der Waals surface area contributed by atoms with E-state index in [0.717, 1.165) is 19.3 Å². The third-order valence-electron chi connectivity index (χ3n) is 6.43. The maximum Gasteiger partial charge on any atom is 0.364 e. The van der Waals surface area contributed by atoms with Crippen molar-refractivity contribution in [3.63, 3.8) is 0 Å². The molecule has 3 N–H and O–H groups in total. The number of carbonyl (C=O) groups is 1. The van der Waals surface area contributed by atoms with Crippen LogP contribution in [0.1, 0.15) is 128 Å². The highest BCUT2D eigenvalue weighted by Gasteiger charge is 2.31. The molecule has 0 bridgehead atoms. The van der Waals surface area contributed by atoms with Gasteiger partial charge >= 0.3 is 5.97 Å². The molecule has 0 radical (unpaired) electrons. The molecule has 0 amide bonds. The fourth-order valence-corrected chi connectivity index (χ4v) is 4.28. The largest absolute Gasteiger partial charge is 0.477 e. The number of benzene rings is 1. The Kier molecular flexibility index (Phi) is 17.1. The number of rotatable bonds is 22. The summed E-state index contributed by atoms with van der Waals surface area (Å²) in [6.45, 7) is 0. The van der Waals surface area contributed by atoms with E-state index in [9.17, 15) is 15.0 Å². The average Bonchev–Trinajstić information content (AvgIpc) is 2.78. The zero-order valence-electron chi connectivity index (χ0n) is 20.3. The summed E-state index contributed by atoms with van der Waals surface area (Å²) in [6, 6.07) is 10.8. The van der Waals surface area contributed by atoms with Gasteiger partial charge in [0.25, 0.3) is 5.79 Å². The van der Waals surface area contributed by atoms with Gasteiger partial charge in [-0.25, -0.2) is 4.79 Å². The molecule has 1 rings (SSSR count). The van der Waals surface area contributed by atoms with E-state index in [0.29, 0.717) is 6.42 Å². The second-order valence-corrected chi connectivity index (χ2v) is 9.47. The average molecular weight is 449 g/mol. The molecule has 184 valence electrons. The van der Waals surface area contributed by atoms with E-state index in [1.54, 1.807) is 0 Å². The molecule has 0 heterocycles. The summed E-state index contributed by atoms with van der Waals surface area (Å²) < 4.78 is 0. The lowest BCUT2D eigenvalue weighted by molar-refractivity contribution is -0.205. The zero-order chi connectivity index (χ0) is 23.3. The van der Waals surface area contributed by atoms with Crippen molar-refractivity contribution in [3.05, 3.63) is 35.9 Å². The van der Waals surface area contributed by atoms with E-state index in [1.807, 2.05) is 0 Å². The van der Waals surface area contributed by atoms with Crippen molar-refractivity contribution < 1.29 is 20.1 Å². The van der Waals surface area contributed by atoms with Crippen LogP contribution in [0.4, 0.5) is 0 Å². The lowest BCUT2D eigenvalue weighted by Gasteiger charge is -2.15. The van der Waals surface area contributed by atoms with Crippen molar-refractivity contribution in [1.29, 1.82) is 0 Å². The van der Waals surface area contributed by atoms with Crippen molar-refractivity contribution in [2.24, 2.45) is 0 Å². The second-order valence-electron chi connectivity index (χ2n) is 9.47. The molecule has 1 aromatic rings. The van der Waals surface area contributed by atoms with Gasteiger partial charge in [-0.15, -0.1) is 0 Å². The Balaban J connectivity index is 1.71. The number of carboxylic acids is 1. The molecule has 4 nitrogen and oxygen atoms in total. The summed E-state index contributed by atoms with van der Waals surface area (Å²) in [4.78, 5) is 10.6. The van der Waals surface area contributed by atoms with Gasteiger partial charge in [0.1, 0.15) is 0 Å². The number of aryl methyl sites for hydroxylation is 1. The first-order valence-corrected chi connectivity index (χ1v) is 13.2. The number of unbranched alkanes of at least 4 members (excludes halogenated alkanes) is 17. The van der Waals surface area contributed by atoms with E-state index in [1.165, 1.54) is 102 Å². The first kappa shape index (κ1) is 28.6. The van der Waals surface area contributed by atoms with E-state index in [-0.39, 0.29) is 6.42 Å². The highest BCUT2D eigenvalue weighted by molar-refractivity contribution is 5.74. The summed E-state index contributed by atoms with van der Waals surface area (Å²) in [5, 5.41) is 27.1. The van der Waals surface area contributed by atoms with Crippen LogP contribution in [0.5, 0.6) is 0 Å². The molecule has 0 atom stereocenters. The molecule has 0 spiro atoms. The molecule has 0 aliphatic heterocycles. The van der Waals surface area contributed by atoms with Crippen LogP contribution in [-0.2, 0) is 11.2 Å². The summed E-state index contributed by atoms with van der Waals surface area (Å²) >= 11 is 0. The van der Waals surface area contributed by atoms with Crippen LogP contribution in [0.15, 0.2) is 30.3 Å². The number of hydrogen-bond acceptors (Lipinski definition) is 3.